The van der Waals surface area contributed by atoms with Crippen molar-refractivity contribution in [3.63, 3.8) is 0 Å². The molecule has 0 unspecified atom stereocenters. The van der Waals surface area contributed by atoms with Crippen LogP contribution < -0.4 is 39.5 Å². The molecule has 0 radical (unpaired) electrons. The Morgan fingerprint density at radius 2 is 1.28 bits per heavy atom. The number of rotatable bonds is 21. The normalized spacial score (nSPS) is 11.8. The van der Waals surface area contributed by atoms with Gasteiger partial charge in [0.1, 0.15) is 11.6 Å². The molecular weight excluding hydrogens is 478 g/mol. The van der Waals surface area contributed by atoms with Crippen LogP contribution in [0, 0.1) is 0 Å². The van der Waals surface area contributed by atoms with Gasteiger partial charge in [0.25, 0.3) is 0 Å². The molecule has 0 saturated carbocycles. The van der Waals surface area contributed by atoms with Crippen LogP contribution in [0.4, 0.5) is 4.79 Å². The summed E-state index contributed by atoms with van der Waals surface area (Å²) in [5, 5.41) is 5.65. The van der Waals surface area contributed by atoms with E-state index in [0.717, 1.165) is 12.8 Å². The highest BCUT2D eigenvalue weighted by Gasteiger charge is 2.23. The topological polar surface area (TPSA) is 133 Å². The van der Waals surface area contributed by atoms with Gasteiger partial charge in [0.05, 0.1) is 6.54 Å². The van der Waals surface area contributed by atoms with E-state index in [-0.39, 0.29) is 24.3 Å². The predicted molar refractivity (Wildman–Crippen MR) is 145 cm³/mol. The molecule has 0 aromatic rings. The highest BCUT2D eigenvalue weighted by Crippen LogP contribution is 2.13. The minimum absolute atomic E-state index is 0. The third-order valence-electron chi connectivity index (χ3n) is 5.84. The van der Waals surface area contributed by atoms with Gasteiger partial charge in [-0.05, 0) is 40.0 Å². The fraction of sp³-hybridized carbons (Fsp3) is 0.889. The summed E-state index contributed by atoms with van der Waals surface area (Å²) in [6.07, 6.45) is 18.7. The number of unbranched alkanes of at least 4 members (excludes halogenated alkanes) is 13. The number of carbonyl (C=O) groups excluding carboxylic acids is 2. The molecular formula is C27H56ClN5O3. The van der Waals surface area contributed by atoms with E-state index in [4.69, 9.17) is 16.2 Å². The number of hydrogen-bond acceptors (Lipinski definition) is 3. The Balaban J connectivity index is 0. The molecule has 214 valence electrons. The number of nitrogens with two attached hydrogens (primary N) is 2. The quantitative estimate of drug-likeness (QED) is 0.0837. The molecule has 0 aliphatic carbocycles. The molecule has 0 saturated heterocycles. The number of halogens is 1. The van der Waals surface area contributed by atoms with Crippen molar-refractivity contribution in [1.29, 1.82) is 0 Å². The van der Waals surface area contributed by atoms with Crippen molar-refractivity contribution in [3.05, 3.63) is 0 Å². The molecule has 0 bridgehead atoms. The molecule has 2 amide bonds. The van der Waals surface area contributed by atoms with Gasteiger partial charge in [0, 0.05) is 6.54 Å². The van der Waals surface area contributed by atoms with Crippen LogP contribution in [-0.2, 0) is 9.53 Å². The highest BCUT2D eigenvalue weighted by atomic mass is 35.5. The molecule has 0 spiro atoms. The summed E-state index contributed by atoms with van der Waals surface area (Å²) in [7, 11) is 0. The van der Waals surface area contributed by atoms with E-state index in [0.29, 0.717) is 25.9 Å². The number of guanidine groups is 1. The number of hydrogen-bond donors (Lipinski definition) is 5. The van der Waals surface area contributed by atoms with Crippen LogP contribution in [0.25, 0.3) is 0 Å². The van der Waals surface area contributed by atoms with E-state index < -0.39 is 17.7 Å². The van der Waals surface area contributed by atoms with Gasteiger partial charge in [-0.25, -0.2) is 4.79 Å². The summed E-state index contributed by atoms with van der Waals surface area (Å²) in [6, 6.07) is -0.655. The second-order valence-electron chi connectivity index (χ2n) is 10.6. The summed E-state index contributed by atoms with van der Waals surface area (Å²) in [6.45, 7) is 8.79. The van der Waals surface area contributed by atoms with Crippen LogP contribution in [0.2, 0.25) is 0 Å². The summed E-state index contributed by atoms with van der Waals surface area (Å²) < 4.78 is 5.30. The van der Waals surface area contributed by atoms with Crippen LogP contribution in [-0.4, -0.2) is 42.7 Å². The van der Waals surface area contributed by atoms with Gasteiger partial charge in [0.2, 0.25) is 5.91 Å². The molecule has 0 rings (SSSR count). The number of nitrogens with one attached hydrogen (secondary N) is 3. The Hall–Kier alpha value is -1.70. The lowest BCUT2D eigenvalue weighted by atomic mass is 10.0. The predicted octanol–water partition coefficient (Wildman–Crippen LogP) is 0.615. The Kier molecular flexibility index (Phi) is 24.0. The third-order valence-corrected chi connectivity index (χ3v) is 5.84. The average Bonchev–Trinajstić information content (AvgIpc) is 2.76. The lowest BCUT2D eigenvalue weighted by molar-refractivity contribution is -0.459. The maximum Gasteiger partial charge on any atom is 0.408 e. The van der Waals surface area contributed by atoms with Crippen molar-refractivity contribution in [2.45, 2.75) is 142 Å². The van der Waals surface area contributed by atoms with Crippen molar-refractivity contribution in [1.82, 2.24) is 10.6 Å². The molecule has 7 N–H and O–H groups in total. The van der Waals surface area contributed by atoms with Gasteiger partial charge in [-0.3, -0.25) is 21.3 Å². The van der Waals surface area contributed by atoms with Crippen LogP contribution in [0.1, 0.15) is 130 Å². The Labute approximate surface area is 226 Å². The first-order chi connectivity index (χ1) is 16.7. The number of ether oxygens (including phenoxy) is 1. The molecule has 36 heavy (non-hydrogen) atoms. The van der Waals surface area contributed by atoms with Crippen LogP contribution >= 0.6 is 0 Å². The molecule has 1 atom stereocenters. The van der Waals surface area contributed by atoms with Crippen molar-refractivity contribution in [2.24, 2.45) is 11.5 Å². The Morgan fingerprint density at radius 3 is 1.72 bits per heavy atom. The number of amides is 2. The molecule has 0 aromatic carbocycles. The molecule has 0 fully saturated rings. The number of alkyl carbamates (subject to hydrolysis) is 1. The van der Waals surface area contributed by atoms with E-state index in [1.165, 1.54) is 77.0 Å². The lowest BCUT2D eigenvalue weighted by Crippen LogP contribution is -3.00. The second kappa shape index (κ2) is 23.7. The van der Waals surface area contributed by atoms with Crippen molar-refractivity contribution < 1.29 is 31.7 Å². The summed E-state index contributed by atoms with van der Waals surface area (Å²) in [4.78, 5) is 27.6. The summed E-state index contributed by atoms with van der Waals surface area (Å²) >= 11 is 0. The maximum atomic E-state index is 12.6. The van der Waals surface area contributed by atoms with Crippen LogP contribution in [0.15, 0.2) is 0 Å². The van der Waals surface area contributed by atoms with E-state index >= 15 is 0 Å². The fourth-order valence-corrected chi connectivity index (χ4v) is 3.91. The first-order valence-corrected chi connectivity index (χ1v) is 14.0. The monoisotopic (exact) mass is 533 g/mol. The Morgan fingerprint density at radius 1 is 0.806 bits per heavy atom. The van der Waals surface area contributed by atoms with Gasteiger partial charge in [0.15, 0.2) is 0 Å². The minimum Gasteiger partial charge on any atom is -1.00 e. The molecule has 0 aliphatic rings. The van der Waals surface area contributed by atoms with Gasteiger partial charge < -0.3 is 27.8 Å². The molecule has 0 aromatic heterocycles. The van der Waals surface area contributed by atoms with E-state index in [1.807, 2.05) is 0 Å². The second-order valence-corrected chi connectivity index (χ2v) is 10.6. The minimum atomic E-state index is -0.655. The lowest BCUT2D eigenvalue weighted by Gasteiger charge is -2.23. The summed E-state index contributed by atoms with van der Waals surface area (Å²) in [5.74, 6) is -0.0424. The average molecular weight is 534 g/mol. The van der Waals surface area contributed by atoms with Gasteiger partial charge in [-0.2, -0.15) is 0 Å². The SMILES string of the molecule is CCCCCCCCCCCCCCCCNC(=O)[C@H](CCC[NH+]=C(N)N)NC(=O)OC(C)(C)C.[Cl-]. The molecule has 8 nitrogen and oxygen atoms in total. The van der Waals surface area contributed by atoms with Gasteiger partial charge in [-0.15, -0.1) is 0 Å². The van der Waals surface area contributed by atoms with Gasteiger partial charge >= 0.3 is 12.1 Å². The molecule has 9 heteroatoms. The largest absolute Gasteiger partial charge is 1.00 e. The van der Waals surface area contributed by atoms with E-state index in [2.05, 4.69) is 22.5 Å². The van der Waals surface area contributed by atoms with Crippen LogP contribution in [0.5, 0.6) is 0 Å². The zero-order valence-corrected chi connectivity index (χ0v) is 24.3. The third kappa shape index (κ3) is 25.4. The number of carbonyl (C=O) groups is 2. The highest BCUT2D eigenvalue weighted by molar-refractivity contribution is 5.85. The fourth-order valence-electron chi connectivity index (χ4n) is 3.91. The molecule has 0 heterocycles. The first-order valence-electron chi connectivity index (χ1n) is 14.0. The van der Waals surface area contributed by atoms with E-state index in [1.54, 1.807) is 20.8 Å². The Bertz CT molecular complexity index is 578. The smallest absolute Gasteiger partial charge is 0.408 e. The molecule has 0 aliphatic heterocycles. The van der Waals surface area contributed by atoms with Gasteiger partial charge in [-0.1, -0.05) is 90.4 Å². The van der Waals surface area contributed by atoms with Crippen LogP contribution in [0.3, 0.4) is 0 Å². The maximum absolute atomic E-state index is 12.6. The standard InChI is InChI=1S/C27H55N5O3.ClH/c1-5-6-7-8-9-10-11-12-13-14-15-16-17-18-21-30-24(33)23(20-19-22-31-25(28)29)32-26(34)35-27(2,3)4;/h23H,5-22H2,1-4H3,(H,30,33)(H,32,34)(H4,28,29,31);1H/t23-;/m0./s1. The first kappa shape index (κ1) is 36.5. The van der Waals surface area contributed by atoms with Crippen molar-refractivity contribution >= 4 is 18.0 Å². The zero-order valence-electron chi connectivity index (χ0n) is 23.6. The van der Waals surface area contributed by atoms with Crippen molar-refractivity contribution in [3.8, 4) is 0 Å². The summed E-state index contributed by atoms with van der Waals surface area (Å²) in [5.41, 5.74) is 10.2. The van der Waals surface area contributed by atoms with Crippen molar-refractivity contribution in [2.75, 3.05) is 13.1 Å². The zero-order chi connectivity index (χ0) is 26.4. The van der Waals surface area contributed by atoms with E-state index in [9.17, 15) is 9.59 Å².